The van der Waals surface area contributed by atoms with Crippen LogP contribution in [0.3, 0.4) is 0 Å². The van der Waals surface area contributed by atoms with Gasteiger partial charge in [-0.3, -0.25) is 37.3 Å². The molecule has 17 nitrogen and oxygen atoms in total. The summed E-state index contributed by atoms with van der Waals surface area (Å²) in [4.78, 5) is 73.0. The van der Waals surface area contributed by atoms with Crippen molar-refractivity contribution in [2.75, 3.05) is 39.6 Å². The Morgan fingerprint density at radius 3 is 0.731 bits per heavy atom. The van der Waals surface area contributed by atoms with E-state index in [1.54, 1.807) is 0 Å². The molecule has 0 saturated carbocycles. The molecule has 0 saturated heterocycles. The summed E-state index contributed by atoms with van der Waals surface area (Å²) in [6, 6.07) is 0. The fourth-order valence-electron chi connectivity index (χ4n) is 9.02. The van der Waals surface area contributed by atoms with Crippen molar-refractivity contribution in [1.29, 1.82) is 0 Å². The predicted octanol–water partition coefficient (Wildman–Crippen LogP) is 23.2. The minimum absolute atomic E-state index is 0.00674. The van der Waals surface area contributed by atoms with Gasteiger partial charge in [0, 0.05) is 25.7 Å². The lowest BCUT2D eigenvalue weighted by atomic mass is 10.1. The number of ether oxygens (including phenoxy) is 4. The van der Waals surface area contributed by atoms with Crippen LogP contribution in [0.5, 0.6) is 0 Å². The summed E-state index contributed by atoms with van der Waals surface area (Å²) < 4.78 is 68.3. The van der Waals surface area contributed by atoms with Crippen LogP contribution < -0.4 is 0 Å². The van der Waals surface area contributed by atoms with Crippen LogP contribution in [0.15, 0.2) is 243 Å². The number of phosphoric ester groups is 2. The van der Waals surface area contributed by atoms with Crippen molar-refractivity contribution in [3.8, 4) is 0 Å². The second-order valence-corrected chi connectivity index (χ2v) is 27.7. The maximum Gasteiger partial charge on any atom is 0.472 e. The zero-order chi connectivity index (χ0) is 78.9. The van der Waals surface area contributed by atoms with Crippen molar-refractivity contribution in [2.24, 2.45) is 0 Å². The first-order chi connectivity index (χ1) is 52.7. The number of rotatable bonds is 70. The molecule has 0 rings (SSSR count). The molecule has 19 heteroatoms. The number of hydrogen-bond acceptors (Lipinski definition) is 15. The Labute approximate surface area is 650 Å². The van der Waals surface area contributed by atoms with Crippen LogP contribution in [0.1, 0.15) is 233 Å². The van der Waals surface area contributed by atoms with Gasteiger partial charge in [0.15, 0.2) is 12.2 Å². The first kappa shape index (κ1) is 101. The highest BCUT2D eigenvalue weighted by Gasteiger charge is 2.30. The Morgan fingerprint density at radius 2 is 0.463 bits per heavy atom. The zero-order valence-electron chi connectivity index (χ0n) is 65.6. The highest BCUT2D eigenvalue weighted by atomic mass is 31.2. The van der Waals surface area contributed by atoms with Gasteiger partial charge in [0.25, 0.3) is 0 Å². The van der Waals surface area contributed by atoms with E-state index in [1.807, 2.05) is 42.5 Å². The molecule has 108 heavy (non-hydrogen) atoms. The first-order valence-electron chi connectivity index (χ1n) is 39.3. The van der Waals surface area contributed by atoms with Crippen molar-refractivity contribution in [3.63, 3.8) is 0 Å². The molecule has 0 aromatic carbocycles. The molecule has 0 bridgehead atoms. The van der Waals surface area contributed by atoms with E-state index in [4.69, 9.17) is 37.0 Å². The Morgan fingerprint density at radius 1 is 0.259 bits per heavy atom. The molecule has 5 unspecified atom stereocenters. The third-order valence-electron chi connectivity index (χ3n) is 14.8. The Kier molecular flexibility index (Phi) is 72.8. The summed E-state index contributed by atoms with van der Waals surface area (Å²) in [5.74, 6) is -2.51. The number of phosphoric acid groups is 2. The molecule has 5 atom stereocenters. The summed E-state index contributed by atoms with van der Waals surface area (Å²) in [6.07, 6.45) is 102. The Balaban J connectivity index is 5.62. The van der Waals surface area contributed by atoms with Crippen molar-refractivity contribution in [3.05, 3.63) is 243 Å². The molecule has 3 N–H and O–H groups in total. The highest BCUT2D eigenvalue weighted by molar-refractivity contribution is 7.47. The number of aliphatic hydroxyl groups is 1. The van der Waals surface area contributed by atoms with Crippen molar-refractivity contribution >= 4 is 39.5 Å². The number of carbonyl (C=O) groups is 4. The van der Waals surface area contributed by atoms with Gasteiger partial charge in [-0.2, -0.15) is 0 Å². The monoisotopic (exact) mass is 1540 g/mol. The average molecular weight is 1540 g/mol. The number of carbonyl (C=O) groups excluding carboxylic acids is 4. The highest BCUT2D eigenvalue weighted by Crippen LogP contribution is 2.45. The number of esters is 4. The van der Waals surface area contributed by atoms with E-state index in [-0.39, 0.29) is 25.7 Å². The second-order valence-electron chi connectivity index (χ2n) is 24.8. The topological polar surface area (TPSA) is 237 Å². The second kappa shape index (κ2) is 78.0. The van der Waals surface area contributed by atoms with Crippen LogP contribution in [0.25, 0.3) is 0 Å². The number of hydrogen-bond donors (Lipinski definition) is 3. The van der Waals surface area contributed by atoms with Gasteiger partial charge in [0.2, 0.25) is 0 Å². The molecule has 0 aliphatic heterocycles. The van der Waals surface area contributed by atoms with Gasteiger partial charge in [-0.25, -0.2) is 9.13 Å². The van der Waals surface area contributed by atoms with Crippen LogP contribution in [0.4, 0.5) is 0 Å². The van der Waals surface area contributed by atoms with E-state index in [1.165, 1.54) is 0 Å². The van der Waals surface area contributed by atoms with Gasteiger partial charge in [-0.1, -0.05) is 271 Å². The van der Waals surface area contributed by atoms with Crippen molar-refractivity contribution in [2.45, 2.75) is 251 Å². The summed E-state index contributed by atoms with van der Waals surface area (Å²) in [7, 11) is -10.1. The fourth-order valence-corrected chi connectivity index (χ4v) is 10.6. The third-order valence-corrected chi connectivity index (χ3v) is 16.7. The molecule has 0 aliphatic carbocycles. The van der Waals surface area contributed by atoms with Gasteiger partial charge in [0.05, 0.1) is 26.4 Å². The zero-order valence-corrected chi connectivity index (χ0v) is 67.4. The lowest BCUT2D eigenvalue weighted by Crippen LogP contribution is -2.30. The lowest BCUT2D eigenvalue weighted by molar-refractivity contribution is -0.161. The van der Waals surface area contributed by atoms with E-state index >= 15 is 0 Å². The maximum absolute atomic E-state index is 13.1. The van der Waals surface area contributed by atoms with Gasteiger partial charge < -0.3 is 33.8 Å². The molecule has 0 amide bonds. The lowest BCUT2D eigenvalue weighted by Gasteiger charge is -2.21. The van der Waals surface area contributed by atoms with E-state index in [0.717, 1.165) is 135 Å². The predicted molar refractivity (Wildman–Crippen MR) is 444 cm³/mol. The number of allylic oxidation sites excluding steroid dienone is 40. The summed E-state index contributed by atoms with van der Waals surface area (Å²) in [5.41, 5.74) is 0. The first-order valence-corrected chi connectivity index (χ1v) is 42.3. The molecule has 0 aliphatic rings. The molecule has 0 fully saturated rings. The quantitative estimate of drug-likeness (QED) is 0.0169. The summed E-state index contributed by atoms with van der Waals surface area (Å²) in [5, 5.41) is 10.6. The smallest absolute Gasteiger partial charge is 0.462 e. The molecule has 602 valence electrons. The normalized spacial score (nSPS) is 15.1. The van der Waals surface area contributed by atoms with E-state index < -0.39 is 97.5 Å². The average Bonchev–Trinajstić information content (AvgIpc) is 0.896. The molecular weight excluding hydrogens is 1400 g/mol. The van der Waals surface area contributed by atoms with Gasteiger partial charge >= 0.3 is 39.5 Å². The number of aliphatic hydroxyl groups excluding tert-OH is 1. The minimum Gasteiger partial charge on any atom is -0.462 e. The Bertz CT molecular complexity index is 3010. The molecular formula is C89H134O17P2. The largest absolute Gasteiger partial charge is 0.472 e. The molecule has 0 aromatic heterocycles. The third kappa shape index (κ3) is 77.0. The van der Waals surface area contributed by atoms with Crippen LogP contribution in [-0.4, -0.2) is 96.7 Å². The van der Waals surface area contributed by atoms with Crippen molar-refractivity contribution in [1.82, 2.24) is 0 Å². The van der Waals surface area contributed by atoms with Crippen LogP contribution in [0, 0.1) is 0 Å². The molecule has 0 heterocycles. The van der Waals surface area contributed by atoms with Gasteiger partial charge in [0.1, 0.15) is 19.3 Å². The van der Waals surface area contributed by atoms with Crippen LogP contribution in [-0.2, 0) is 65.4 Å². The van der Waals surface area contributed by atoms with E-state index in [2.05, 4.69) is 228 Å². The van der Waals surface area contributed by atoms with Crippen LogP contribution >= 0.6 is 15.6 Å². The summed E-state index contributed by atoms with van der Waals surface area (Å²) in [6.45, 7) is 4.08. The maximum atomic E-state index is 13.1. The fraction of sp³-hybridized carbons (Fsp3) is 0.506. The van der Waals surface area contributed by atoms with Gasteiger partial charge in [-0.05, 0) is 180 Å². The summed E-state index contributed by atoms with van der Waals surface area (Å²) >= 11 is 0. The van der Waals surface area contributed by atoms with Crippen molar-refractivity contribution < 1.29 is 80.2 Å². The van der Waals surface area contributed by atoms with Crippen LogP contribution in [0.2, 0.25) is 0 Å². The standard InChI is InChI=1S/C89H134O17P2/c1-5-9-13-17-21-25-29-33-37-39-41-43-47-50-54-58-62-66-70-74-87(92)100-80-85(106-89(94)76-72-68-64-60-56-52-48-44-42-40-38-34-30-26-22-18-14-10-6-2)82-104-108(97,98)102-78-83(90)77-101-107(95,96)103-81-84(105-88(93)75-71-67-63-59-55-51-46-36-32-28-24-20-16-12-8-4)79-99-86(91)73-69-65-61-57-53-49-45-35-31-27-23-19-15-11-7-3/h9-16,21-28,33-38,41-46,50,52-57,59,62,64,66,68,83-85,90H,5-8,17-20,29-32,39-40,47-49,51,58,60-61,63,65,67,69-82H2,1-4H3,(H,95,96)(H,97,98)/b13-9-,14-10-,15-11-,16-12-,25-21-,26-22-,27-23-,28-24-,37-33-,38-34-,43-41-,44-42-,45-35-,46-36-,54-50-,56-52-,57-53-,59-55-,66-62-,68-64-. The Hall–Kier alpha value is -7.14. The molecule has 0 aromatic rings. The molecule has 0 spiro atoms. The molecule has 0 radical (unpaired) electrons. The number of unbranched alkanes of at least 4 members (excludes halogenated alkanes) is 4. The van der Waals surface area contributed by atoms with Gasteiger partial charge in [-0.15, -0.1) is 0 Å². The SMILES string of the molecule is CC/C=C\C/C=C\C/C=C\C/C=C\C/C=C\C/C=C\CCC(=O)OCC(COP(=O)(O)OCC(O)COP(=O)(O)OCC(COC(=O)CCCC/C=C\C/C=C\C/C=C\C/C=C\CC)OC(=O)CCCC/C=C\C/C=C\C/C=C\C/C=C\CC)OC(=O)CC/C=C\C/C=C\C/C=C\C/C=C\C/C=C\C/C=C\CC. The van der Waals surface area contributed by atoms with E-state index in [0.29, 0.717) is 44.9 Å². The van der Waals surface area contributed by atoms with E-state index in [9.17, 15) is 43.2 Å². The minimum atomic E-state index is -5.04.